The SMILES string of the molecule is CC(C)CC(N)C(N)=O.NCC(=O)O. The first-order valence-electron chi connectivity index (χ1n) is 4.28. The number of rotatable bonds is 4. The predicted molar refractivity (Wildman–Crippen MR) is 53.3 cm³/mol. The Morgan fingerprint density at radius 3 is 1.79 bits per heavy atom. The van der Waals surface area contributed by atoms with Crippen LogP contribution in [0.1, 0.15) is 20.3 Å². The Morgan fingerprint density at radius 1 is 1.36 bits per heavy atom. The van der Waals surface area contributed by atoms with Gasteiger partial charge >= 0.3 is 5.97 Å². The number of aliphatic carboxylic acids is 1. The maximum absolute atomic E-state index is 10.3. The van der Waals surface area contributed by atoms with Crippen molar-refractivity contribution in [3.63, 3.8) is 0 Å². The molecule has 6 heteroatoms. The summed E-state index contributed by atoms with van der Waals surface area (Å²) in [5.74, 6) is -0.943. The zero-order valence-corrected chi connectivity index (χ0v) is 8.56. The highest BCUT2D eigenvalue weighted by molar-refractivity contribution is 5.79. The molecule has 0 heterocycles. The van der Waals surface area contributed by atoms with Crippen LogP contribution in [0.25, 0.3) is 0 Å². The monoisotopic (exact) mass is 205 g/mol. The van der Waals surface area contributed by atoms with Gasteiger partial charge in [0.15, 0.2) is 0 Å². The molecular weight excluding hydrogens is 186 g/mol. The molecule has 1 amide bonds. The highest BCUT2D eigenvalue weighted by atomic mass is 16.4. The van der Waals surface area contributed by atoms with Crippen molar-refractivity contribution in [3.8, 4) is 0 Å². The van der Waals surface area contributed by atoms with Gasteiger partial charge in [-0.3, -0.25) is 9.59 Å². The lowest BCUT2D eigenvalue weighted by atomic mass is 10.0. The molecule has 1 unspecified atom stereocenters. The number of carboxylic acid groups (broad SMARTS) is 1. The number of amides is 1. The van der Waals surface area contributed by atoms with Gasteiger partial charge in [-0.05, 0) is 12.3 Å². The Balaban J connectivity index is 0. The van der Waals surface area contributed by atoms with Crippen molar-refractivity contribution in [2.75, 3.05) is 6.54 Å². The fraction of sp³-hybridized carbons (Fsp3) is 0.750. The Bertz CT molecular complexity index is 183. The zero-order valence-electron chi connectivity index (χ0n) is 8.56. The van der Waals surface area contributed by atoms with Gasteiger partial charge in [0.25, 0.3) is 0 Å². The van der Waals surface area contributed by atoms with Crippen molar-refractivity contribution in [1.29, 1.82) is 0 Å². The van der Waals surface area contributed by atoms with E-state index in [0.29, 0.717) is 12.3 Å². The summed E-state index contributed by atoms with van der Waals surface area (Å²) in [6.45, 7) is 3.73. The number of hydrogen-bond donors (Lipinski definition) is 4. The minimum atomic E-state index is -0.968. The third kappa shape index (κ3) is 13.4. The fourth-order valence-corrected chi connectivity index (χ4v) is 0.624. The van der Waals surface area contributed by atoms with Crippen LogP contribution in [0, 0.1) is 5.92 Å². The van der Waals surface area contributed by atoms with Crippen LogP contribution in [0.3, 0.4) is 0 Å². The van der Waals surface area contributed by atoms with Crippen molar-refractivity contribution in [3.05, 3.63) is 0 Å². The molecule has 6 nitrogen and oxygen atoms in total. The summed E-state index contributed by atoms with van der Waals surface area (Å²) in [6.07, 6.45) is 0.676. The summed E-state index contributed by atoms with van der Waals surface area (Å²) >= 11 is 0. The Morgan fingerprint density at radius 2 is 1.71 bits per heavy atom. The lowest BCUT2D eigenvalue weighted by Crippen LogP contribution is -2.37. The van der Waals surface area contributed by atoms with Gasteiger partial charge in [-0.25, -0.2) is 0 Å². The molecule has 0 radical (unpaired) electrons. The lowest BCUT2D eigenvalue weighted by molar-refractivity contribution is -0.135. The first-order valence-corrected chi connectivity index (χ1v) is 4.28. The summed E-state index contributed by atoms with van der Waals surface area (Å²) in [5, 5.41) is 7.60. The molecule has 0 aliphatic heterocycles. The van der Waals surface area contributed by atoms with E-state index in [1.54, 1.807) is 0 Å². The quantitative estimate of drug-likeness (QED) is 0.461. The van der Waals surface area contributed by atoms with E-state index < -0.39 is 17.9 Å². The topological polar surface area (TPSA) is 132 Å². The maximum atomic E-state index is 10.3. The Kier molecular flexibility index (Phi) is 9.27. The second-order valence-corrected chi connectivity index (χ2v) is 3.24. The fourth-order valence-electron chi connectivity index (χ4n) is 0.624. The molecule has 0 saturated heterocycles. The summed E-state index contributed by atoms with van der Waals surface area (Å²) in [5.41, 5.74) is 14.8. The van der Waals surface area contributed by atoms with Crippen LogP contribution in [0.4, 0.5) is 0 Å². The standard InChI is InChI=1S/C6H14N2O.C2H5NO2/c1-4(2)3-5(7)6(8)9;3-1-2(4)5/h4-5H,3,7H2,1-2H3,(H2,8,9);1,3H2,(H,4,5). The van der Waals surface area contributed by atoms with Gasteiger partial charge in [0, 0.05) is 0 Å². The molecule has 0 rings (SSSR count). The highest BCUT2D eigenvalue weighted by Crippen LogP contribution is 2.00. The van der Waals surface area contributed by atoms with E-state index in [4.69, 9.17) is 16.6 Å². The number of hydrogen-bond acceptors (Lipinski definition) is 4. The third-order valence-electron chi connectivity index (χ3n) is 1.27. The molecule has 0 saturated carbocycles. The van der Waals surface area contributed by atoms with Crippen molar-refractivity contribution >= 4 is 11.9 Å². The van der Waals surface area contributed by atoms with Gasteiger partial charge in [0.1, 0.15) is 0 Å². The molecule has 14 heavy (non-hydrogen) atoms. The van der Waals surface area contributed by atoms with Gasteiger partial charge in [-0.15, -0.1) is 0 Å². The Labute approximate surface area is 83.4 Å². The minimum absolute atomic E-state index is 0.278. The second-order valence-electron chi connectivity index (χ2n) is 3.24. The average Bonchev–Trinajstić information content (AvgIpc) is 2.04. The van der Waals surface area contributed by atoms with E-state index in [0.717, 1.165) is 0 Å². The summed E-state index contributed by atoms with van der Waals surface area (Å²) < 4.78 is 0. The molecule has 0 bridgehead atoms. The van der Waals surface area contributed by atoms with Crippen LogP contribution < -0.4 is 17.2 Å². The minimum Gasteiger partial charge on any atom is -0.480 e. The van der Waals surface area contributed by atoms with E-state index in [9.17, 15) is 9.59 Å². The molecule has 0 spiro atoms. The summed E-state index contributed by atoms with van der Waals surface area (Å²) in [6, 6.07) is -0.468. The van der Waals surface area contributed by atoms with Crippen LogP contribution in [-0.2, 0) is 9.59 Å². The molecule has 0 aromatic heterocycles. The number of carbonyl (C=O) groups is 2. The molecule has 0 aromatic carbocycles. The largest absolute Gasteiger partial charge is 0.480 e. The van der Waals surface area contributed by atoms with Crippen molar-refractivity contribution < 1.29 is 14.7 Å². The van der Waals surface area contributed by atoms with E-state index in [1.165, 1.54) is 0 Å². The van der Waals surface area contributed by atoms with Crippen molar-refractivity contribution in [2.45, 2.75) is 26.3 Å². The van der Waals surface area contributed by atoms with Gasteiger partial charge in [0.05, 0.1) is 12.6 Å². The third-order valence-corrected chi connectivity index (χ3v) is 1.27. The van der Waals surface area contributed by atoms with E-state index in [1.807, 2.05) is 13.8 Å². The normalized spacial score (nSPS) is 11.5. The van der Waals surface area contributed by atoms with Crippen molar-refractivity contribution in [1.82, 2.24) is 0 Å². The Hall–Kier alpha value is -1.14. The van der Waals surface area contributed by atoms with Crippen LogP contribution in [-0.4, -0.2) is 29.6 Å². The highest BCUT2D eigenvalue weighted by Gasteiger charge is 2.09. The van der Waals surface area contributed by atoms with Gasteiger partial charge in [-0.1, -0.05) is 13.8 Å². The predicted octanol–water partition coefficient (Wildman–Crippen LogP) is -1.13. The van der Waals surface area contributed by atoms with E-state index in [2.05, 4.69) is 5.73 Å². The van der Waals surface area contributed by atoms with Crippen LogP contribution in [0.2, 0.25) is 0 Å². The van der Waals surface area contributed by atoms with E-state index >= 15 is 0 Å². The smallest absolute Gasteiger partial charge is 0.317 e. The molecule has 84 valence electrons. The van der Waals surface area contributed by atoms with Crippen LogP contribution in [0.15, 0.2) is 0 Å². The van der Waals surface area contributed by atoms with Crippen LogP contribution >= 0.6 is 0 Å². The molecular formula is C8H19N3O3. The summed E-state index contributed by atoms with van der Waals surface area (Å²) in [4.78, 5) is 19.6. The molecule has 1 atom stereocenters. The first kappa shape index (κ1) is 15.3. The lowest BCUT2D eigenvalue weighted by Gasteiger charge is -2.08. The molecule has 0 aliphatic carbocycles. The number of carboxylic acids is 1. The number of carbonyl (C=O) groups excluding carboxylic acids is 1. The zero-order chi connectivity index (χ0) is 11.7. The molecule has 0 aromatic rings. The maximum Gasteiger partial charge on any atom is 0.317 e. The van der Waals surface area contributed by atoms with Gasteiger partial charge in [-0.2, -0.15) is 0 Å². The van der Waals surface area contributed by atoms with Gasteiger partial charge < -0.3 is 22.3 Å². The van der Waals surface area contributed by atoms with Crippen LogP contribution in [0.5, 0.6) is 0 Å². The van der Waals surface area contributed by atoms with E-state index in [-0.39, 0.29) is 6.54 Å². The molecule has 0 fully saturated rings. The summed E-state index contributed by atoms with van der Waals surface area (Å²) in [7, 11) is 0. The van der Waals surface area contributed by atoms with Gasteiger partial charge in [0.2, 0.25) is 5.91 Å². The number of nitrogens with two attached hydrogens (primary N) is 3. The van der Waals surface area contributed by atoms with Crippen molar-refractivity contribution in [2.24, 2.45) is 23.1 Å². The molecule has 0 aliphatic rings. The second kappa shape index (κ2) is 8.46. The first-order chi connectivity index (χ1) is 6.31. The average molecular weight is 205 g/mol. The number of primary amides is 1. The molecule has 7 N–H and O–H groups in total.